The van der Waals surface area contributed by atoms with Gasteiger partial charge in [0.2, 0.25) is 0 Å². The molecule has 0 unspecified atom stereocenters. The number of hydrogen-bond donors (Lipinski definition) is 14. The molecule has 0 amide bonds. The standard InChI is InChI=1S/C40H34O15/c41-27-13-35(49)31(45)9-17(27)1-21-5-25(6-22(39(21)53)2-18-10-32(46)36(50)14-28(18)42)55-26-7-23(3-19-11-33(47)37(51)15-29(19)43)40(54)24(8-26)4-20-12-34(48)38(52)16-30(20)44/h5-16,41-54H,1-4H2. The van der Waals surface area contributed by atoms with Crippen LogP contribution in [-0.2, 0) is 25.7 Å². The summed E-state index contributed by atoms with van der Waals surface area (Å²) in [7, 11) is 0. The minimum atomic E-state index is -0.587. The van der Waals surface area contributed by atoms with Crippen LogP contribution in [0.5, 0.6) is 92.0 Å². The van der Waals surface area contributed by atoms with E-state index in [0.29, 0.717) is 0 Å². The van der Waals surface area contributed by atoms with Crippen LogP contribution in [0, 0.1) is 0 Å². The van der Waals surface area contributed by atoms with Crippen molar-refractivity contribution in [1.82, 2.24) is 0 Å². The smallest absolute Gasteiger partial charge is 0.161 e. The Morgan fingerprint density at radius 3 is 0.655 bits per heavy atom. The molecule has 0 heterocycles. The second-order valence-corrected chi connectivity index (χ2v) is 12.9. The molecule has 0 aliphatic carbocycles. The minimum Gasteiger partial charge on any atom is -0.508 e. The number of ether oxygens (including phenoxy) is 1. The highest BCUT2D eigenvalue weighted by Crippen LogP contribution is 2.43. The molecule has 15 heteroatoms. The fourth-order valence-electron chi connectivity index (χ4n) is 6.07. The summed E-state index contributed by atoms with van der Waals surface area (Å²) < 4.78 is 6.26. The Bertz CT molecular complexity index is 2140. The molecule has 0 saturated carbocycles. The molecule has 284 valence electrons. The van der Waals surface area contributed by atoms with Crippen LogP contribution in [0.4, 0.5) is 0 Å². The molecule has 55 heavy (non-hydrogen) atoms. The highest BCUT2D eigenvalue weighted by Gasteiger charge is 2.21. The van der Waals surface area contributed by atoms with Gasteiger partial charge in [-0.25, -0.2) is 0 Å². The molecule has 6 rings (SSSR count). The van der Waals surface area contributed by atoms with Gasteiger partial charge in [-0.15, -0.1) is 0 Å². The maximum atomic E-state index is 11.4. The zero-order chi connectivity index (χ0) is 39.9. The van der Waals surface area contributed by atoms with Crippen LogP contribution in [0.3, 0.4) is 0 Å². The highest BCUT2D eigenvalue weighted by molar-refractivity contribution is 5.59. The Kier molecular flexibility index (Phi) is 9.70. The van der Waals surface area contributed by atoms with E-state index in [1.165, 1.54) is 24.3 Å². The van der Waals surface area contributed by atoms with Crippen molar-refractivity contribution in [1.29, 1.82) is 0 Å². The van der Waals surface area contributed by atoms with E-state index in [9.17, 15) is 71.5 Å². The van der Waals surface area contributed by atoms with E-state index in [-0.39, 0.29) is 93.2 Å². The van der Waals surface area contributed by atoms with Crippen molar-refractivity contribution in [2.45, 2.75) is 25.7 Å². The lowest BCUT2D eigenvalue weighted by Crippen LogP contribution is -2.00. The molecule has 0 bridgehead atoms. The third-order valence-corrected chi connectivity index (χ3v) is 8.95. The Labute approximate surface area is 310 Å². The van der Waals surface area contributed by atoms with Gasteiger partial charge in [-0.05, 0) is 48.5 Å². The minimum absolute atomic E-state index is 0.0330. The predicted molar refractivity (Wildman–Crippen MR) is 193 cm³/mol. The number of phenolic OH excluding ortho intramolecular Hbond substituents is 14. The molecule has 0 spiro atoms. The van der Waals surface area contributed by atoms with Gasteiger partial charge in [0.15, 0.2) is 46.0 Å². The number of aromatic hydroxyl groups is 14. The summed E-state index contributed by atoms with van der Waals surface area (Å²) in [6.07, 6.45) is -0.937. The summed E-state index contributed by atoms with van der Waals surface area (Å²) in [6, 6.07) is 13.6. The summed E-state index contributed by atoms with van der Waals surface area (Å²) in [5.74, 6) is -6.81. The Balaban J connectivity index is 1.48. The average molecular weight is 755 g/mol. The van der Waals surface area contributed by atoms with Gasteiger partial charge in [-0.3, -0.25) is 0 Å². The Morgan fingerprint density at radius 2 is 0.436 bits per heavy atom. The second-order valence-electron chi connectivity index (χ2n) is 12.9. The molecule has 0 aromatic heterocycles. The monoisotopic (exact) mass is 754 g/mol. The van der Waals surface area contributed by atoms with Gasteiger partial charge < -0.3 is 76.2 Å². The molecule has 6 aromatic rings. The zero-order valence-corrected chi connectivity index (χ0v) is 28.4. The number of phenols is 14. The van der Waals surface area contributed by atoms with Crippen molar-refractivity contribution in [3.8, 4) is 92.0 Å². The van der Waals surface area contributed by atoms with Crippen molar-refractivity contribution in [2.75, 3.05) is 0 Å². The van der Waals surface area contributed by atoms with Gasteiger partial charge in [0.1, 0.15) is 46.0 Å². The van der Waals surface area contributed by atoms with Gasteiger partial charge in [-0.1, -0.05) is 0 Å². The Hall–Kier alpha value is -7.68. The quantitative estimate of drug-likeness (QED) is 0.0588. The molecule has 6 aromatic carbocycles. The highest BCUT2D eigenvalue weighted by atomic mass is 16.5. The molecule has 14 N–H and O–H groups in total. The van der Waals surface area contributed by atoms with E-state index in [0.717, 1.165) is 48.5 Å². The predicted octanol–water partition coefficient (Wildman–Crippen LogP) is 5.72. The molecule has 0 fully saturated rings. The van der Waals surface area contributed by atoms with E-state index in [4.69, 9.17) is 4.74 Å². The van der Waals surface area contributed by atoms with Crippen LogP contribution in [0.2, 0.25) is 0 Å². The van der Waals surface area contributed by atoms with Crippen molar-refractivity contribution in [2.24, 2.45) is 0 Å². The lowest BCUT2D eigenvalue weighted by molar-refractivity contribution is 0.394. The van der Waals surface area contributed by atoms with E-state index in [2.05, 4.69) is 0 Å². The van der Waals surface area contributed by atoms with Crippen molar-refractivity contribution in [3.05, 3.63) is 117 Å². The maximum absolute atomic E-state index is 11.4. The van der Waals surface area contributed by atoms with Gasteiger partial charge in [0, 0.05) is 94.5 Å². The first-order valence-corrected chi connectivity index (χ1v) is 16.3. The van der Waals surface area contributed by atoms with Crippen LogP contribution in [0.1, 0.15) is 44.5 Å². The number of benzene rings is 6. The lowest BCUT2D eigenvalue weighted by Gasteiger charge is -2.18. The van der Waals surface area contributed by atoms with E-state index in [1.807, 2.05) is 0 Å². The van der Waals surface area contributed by atoms with Crippen molar-refractivity contribution in [3.63, 3.8) is 0 Å². The van der Waals surface area contributed by atoms with Crippen LogP contribution in [-0.4, -0.2) is 71.5 Å². The molecule has 0 aliphatic rings. The van der Waals surface area contributed by atoms with E-state index in [1.54, 1.807) is 0 Å². The maximum Gasteiger partial charge on any atom is 0.161 e. The first kappa shape index (κ1) is 37.1. The summed E-state index contributed by atoms with van der Waals surface area (Å²) in [5.41, 5.74) is 0.798. The molecule has 0 aliphatic heterocycles. The van der Waals surface area contributed by atoms with Crippen LogP contribution < -0.4 is 4.74 Å². The lowest BCUT2D eigenvalue weighted by atomic mass is 9.95. The number of hydrogen-bond acceptors (Lipinski definition) is 15. The van der Waals surface area contributed by atoms with Crippen LogP contribution in [0.25, 0.3) is 0 Å². The summed E-state index contributed by atoms with van der Waals surface area (Å²) in [5, 5.41) is 145. The molecular formula is C40H34O15. The largest absolute Gasteiger partial charge is 0.508 e. The molecule has 0 radical (unpaired) electrons. The Morgan fingerprint density at radius 1 is 0.236 bits per heavy atom. The van der Waals surface area contributed by atoms with Crippen molar-refractivity contribution >= 4 is 0 Å². The van der Waals surface area contributed by atoms with Crippen LogP contribution >= 0.6 is 0 Å². The summed E-state index contributed by atoms with van der Waals surface area (Å²) in [6.45, 7) is 0. The third-order valence-electron chi connectivity index (χ3n) is 8.95. The van der Waals surface area contributed by atoms with Gasteiger partial charge in [-0.2, -0.15) is 0 Å². The number of rotatable bonds is 10. The zero-order valence-electron chi connectivity index (χ0n) is 28.4. The van der Waals surface area contributed by atoms with Crippen molar-refractivity contribution < 1.29 is 76.2 Å². The molecule has 15 nitrogen and oxygen atoms in total. The van der Waals surface area contributed by atoms with E-state index >= 15 is 0 Å². The molecular weight excluding hydrogens is 720 g/mol. The first-order chi connectivity index (χ1) is 26.0. The summed E-state index contributed by atoms with van der Waals surface area (Å²) >= 11 is 0. The first-order valence-electron chi connectivity index (χ1n) is 16.3. The fraction of sp³-hybridized carbons (Fsp3) is 0.100. The SMILES string of the molecule is Oc1cc(O)c(Cc2cc(Oc3cc(Cc4cc(O)c(O)cc4O)c(O)c(Cc4cc(O)c(O)cc4O)c3)cc(Cc3cc(O)c(O)cc3O)c2O)cc1O. The normalized spacial score (nSPS) is 11.1. The average Bonchev–Trinajstić information content (AvgIpc) is 3.11. The third kappa shape index (κ3) is 7.75. The molecule has 0 atom stereocenters. The second kappa shape index (κ2) is 14.4. The van der Waals surface area contributed by atoms with Gasteiger partial charge in [0.25, 0.3) is 0 Å². The summed E-state index contributed by atoms with van der Waals surface area (Å²) in [4.78, 5) is 0. The topological polar surface area (TPSA) is 292 Å². The van der Waals surface area contributed by atoms with Gasteiger partial charge in [0.05, 0.1) is 0 Å². The van der Waals surface area contributed by atoms with Crippen LogP contribution in [0.15, 0.2) is 72.8 Å². The van der Waals surface area contributed by atoms with Gasteiger partial charge >= 0.3 is 0 Å². The molecule has 0 saturated heterocycles. The fourth-order valence-corrected chi connectivity index (χ4v) is 6.07. The van der Waals surface area contributed by atoms with E-state index < -0.39 is 69.0 Å².